The molecule has 9 heteroatoms. The molecule has 4 rings (SSSR count). The van der Waals surface area contributed by atoms with Gasteiger partial charge in [-0.3, -0.25) is 9.59 Å². The van der Waals surface area contributed by atoms with Gasteiger partial charge in [0.05, 0.1) is 25.0 Å². The zero-order chi connectivity index (χ0) is 22.4. The second-order valence-corrected chi connectivity index (χ2v) is 6.16. The first-order valence-electron chi connectivity index (χ1n) is 9.56. The molecule has 0 radical (unpaired) electrons. The van der Waals surface area contributed by atoms with Crippen LogP contribution in [0.25, 0.3) is 0 Å². The maximum Gasteiger partial charge on any atom is 0.271 e. The first-order valence-corrected chi connectivity index (χ1v) is 9.56. The third kappa shape index (κ3) is 8.81. The Morgan fingerprint density at radius 3 is 1.33 bits per heavy atom. The summed E-state index contributed by atoms with van der Waals surface area (Å²) in [6, 6.07) is 24.8. The van der Waals surface area contributed by atoms with Crippen molar-refractivity contribution in [3.63, 3.8) is 0 Å². The molecular formula is C24H20N4NiO4. The van der Waals surface area contributed by atoms with Gasteiger partial charge in [-0.25, -0.2) is 10.9 Å². The summed E-state index contributed by atoms with van der Waals surface area (Å²) in [6.45, 7) is 0. The van der Waals surface area contributed by atoms with Crippen LogP contribution in [0.5, 0.6) is 0 Å². The zero-order valence-corrected chi connectivity index (χ0v) is 18.2. The van der Waals surface area contributed by atoms with E-state index in [-0.39, 0.29) is 28.3 Å². The molecule has 0 saturated heterocycles. The molecule has 0 bridgehead atoms. The predicted molar refractivity (Wildman–Crippen MR) is 120 cm³/mol. The quantitative estimate of drug-likeness (QED) is 0.243. The van der Waals surface area contributed by atoms with Gasteiger partial charge in [-0.1, -0.05) is 36.4 Å². The van der Waals surface area contributed by atoms with Crippen LogP contribution in [0.2, 0.25) is 0 Å². The van der Waals surface area contributed by atoms with Crippen LogP contribution in [-0.4, -0.2) is 24.2 Å². The molecule has 2 heterocycles. The molecule has 0 saturated carbocycles. The summed E-state index contributed by atoms with van der Waals surface area (Å²) in [6.07, 6.45) is 5.97. The van der Waals surface area contributed by atoms with Crippen molar-refractivity contribution in [2.75, 3.05) is 0 Å². The van der Waals surface area contributed by atoms with Crippen molar-refractivity contribution in [1.29, 1.82) is 0 Å². The fourth-order valence-electron chi connectivity index (χ4n) is 2.35. The number of carbonyl (C=O) groups excluding carboxylic acids is 2. The van der Waals surface area contributed by atoms with E-state index in [0.717, 1.165) is 0 Å². The number of hydrogen-bond acceptors (Lipinski definition) is 6. The molecule has 2 N–H and O–H groups in total. The van der Waals surface area contributed by atoms with Crippen molar-refractivity contribution < 1.29 is 34.9 Å². The largest absolute Gasteiger partial charge is 0.463 e. The van der Waals surface area contributed by atoms with E-state index in [0.29, 0.717) is 22.6 Å². The van der Waals surface area contributed by atoms with Crippen LogP contribution in [0.3, 0.4) is 0 Å². The Hall–Kier alpha value is -4.23. The van der Waals surface area contributed by atoms with Crippen LogP contribution in [0, 0.1) is 0 Å². The topological polar surface area (TPSA) is 109 Å². The Labute approximate surface area is 200 Å². The van der Waals surface area contributed by atoms with Crippen molar-refractivity contribution in [3.05, 3.63) is 120 Å². The third-order valence-electron chi connectivity index (χ3n) is 3.87. The fourth-order valence-corrected chi connectivity index (χ4v) is 2.35. The zero-order valence-electron chi connectivity index (χ0n) is 17.2. The number of hydrogen-bond donors (Lipinski definition) is 2. The number of nitrogens with one attached hydrogen (secondary N) is 2. The van der Waals surface area contributed by atoms with Crippen molar-refractivity contribution >= 4 is 24.2 Å². The van der Waals surface area contributed by atoms with E-state index in [1.807, 2.05) is 12.1 Å². The third-order valence-corrected chi connectivity index (χ3v) is 3.87. The minimum absolute atomic E-state index is 0. The number of rotatable bonds is 6. The summed E-state index contributed by atoms with van der Waals surface area (Å²) < 4.78 is 10.0. The van der Waals surface area contributed by atoms with E-state index < -0.39 is 0 Å². The van der Waals surface area contributed by atoms with Crippen LogP contribution in [-0.2, 0) is 16.5 Å². The minimum Gasteiger partial charge on any atom is -0.463 e. The molecule has 0 unspecified atom stereocenters. The molecule has 0 spiro atoms. The van der Waals surface area contributed by atoms with Crippen LogP contribution < -0.4 is 10.9 Å². The normalized spacial score (nSPS) is 10.2. The number of amides is 2. The van der Waals surface area contributed by atoms with E-state index >= 15 is 0 Å². The SMILES string of the molecule is O=C(N/N=C/c1ccco1)c1ccccc1.O=C(N/N=C/c1ccco1)c1ccccc1.[Ni]. The molecule has 170 valence electrons. The standard InChI is InChI=1S/2C12H10N2O2.Ni/c2*15-12(10-5-2-1-3-6-10)14-13-9-11-7-4-8-16-11;/h2*1-9H,(H,14,15);/b2*13-9+;. The van der Waals surface area contributed by atoms with Gasteiger partial charge in [0.2, 0.25) is 0 Å². The molecule has 2 aromatic heterocycles. The molecule has 8 nitrogen and oxygen atoms in total. The molecule has 0 atom stereocenters. The van der Waals surface area contributed by atoms with Gasteiger partial charge in [-0.2, -0.15) is 10.2 Å². The van der Waals surface area contributed by atoms with Crippen molar-refractivity contribution in [2.24, 2.45) is 10.2 Å². The molecule has 33 heavy (non-hydrogen) atoms. The van der Waals surface area contributed by atoms with Gasteiger partial charge in [0.1, 0.15) is 11.5 Å². The molecule has 0 aliphatic rings. The first kappa shape index (κ1) is 25.0. The molecule has 0 fully saturated rings. The van der Waals surface area contributed by atoms with E-state index in [9.17, 15) is 9.59 Å². The number of benzene rings is 2. The van der Waals surface area contributed by atoms with E-state index in [2.05, 4.69) is 21.1 Å². The first-order chi connectivity index (χ1) is 15.7. The van der Waals surface area contributed by atoms with Crippen molar-refractivity contribution in [3.8, 4) is 0 Å². The number of furan rings is 2. The average Bonchev–Trinajstić information content (AvgIpc) is 3.55. The minimum atomic E-state index is -0.247. The van der Waals surface area contributed by atoms with Gasteiger partial charge in [-0.15, -0.1) is 0 Å². The van der Waals surface area contributed by atoms with Gasteiger partial charge in [-0.05, 0) is 48.5 Å². The van der Waals surface area contributed by atoms with E-state index in [1.54, 1.807) is 85.3 Å². The molecular weight excluding hydrogens is 467 g/mol. The monoisotopic (exact) mass is 486 g/mol. The second-order valence-electron chi connectivity index (χ2n) is 6.16. The van der Waals surface area contributed by atoms with Crippen LogP contribution in [0.15, 0.2) is 116 Å². The Balaban J connectivity index is 0.000000227. The van der Waals surface area contributed by atoms with Gasteiger partial charge in [0.25, 0.3) is 11.8 Å². The number of hydrazone groups is 2. The van der Waals surface area contributed by atoms with E-state index in [1.165, 1.54) is 12.4 Å². The molecule has 0 aliphatic heterocycles. The summed E-state index contributed by atoms with van der Waals surface area (Å²) in [4.78, 5) is 23.0. The smallest absolute Gasteiger partial charge is 0.271 e. The Bertz CT molecular complexity index is 1050. The van der Waals surface area contributed by atoms with Gasteiger partial charge in [0, 0.05) is 27.6 Å². The number of nitrogens with zero attached hydrogens (tertiary/aromatic N) is 2. The predicted octanol–water partition coefficient (Wildman–Crippen LogP) is 4.08. The summed E-state index contributed by atoms with van der Waals surface area (Å²) in [5.41, 5.74) is 5.95. The summed E-state index contributed by atoms with van der Waals surface area (Å²) in [5, 5.41) is 7.54. The molecule has 0 aliphatic carbocycles. The van der Waals surface area contributed by atoms with Gasteiger partial charge >= 0.3 is 0 Å². The maximum atomic E-state index is 11.5. The van der Waals surface area contributed by atoms with Gasteiger partial charge < -0.3 is 8.83 Å². The Kier molecular flexibility index (Phi) is 10.6. The van der Waals surface area contributed by atoms with Crippen LogP contribution in [0.4, 0.5) is 0 Å². The fraction of sp³-hybridized carbons (Fsp3) is 0. The number of carbonyl (C=O) groups is 2. The second kappa shape index (κ2) is 14.0. The molecule has 2 amide bonds. The molecule has 2 aromatic carbocycles. The Morgan fingerprint density at radius 1 is 0.606 bits per heavy atom. The van der Waals surface area contributed by atoms with Crippen molar-refractivity contribution in [1.82, 2.24) is 10.9 Å². The van der Waals surface area contributed by atoms with Gasteiger partial charge in [0.15, 0.2) is 0 Å². The summed E-state index contributed by atoms with van der Waals surface area (Å²) in [7, 11) is 0. The van der Waals surface area contributed by atoms with Crippen molar-refractivity contribution in [2.45, 2.75) is 0 Å². The van der Waals surface area contributed by atoms with Crippen LogP contribution >= 0.6 is 0 Å². The maximum absolute atomic E-state index is 11.5. The van der Waals surface area contributed by atoms with E-state index in [4.69, 9.17) is 8.83 Å². The Morgan fingerprint density at radius 2 is 1.00 bits per heavy atom. The average molecular weight is 487 g/mol. The molecule has 4 aromatic rings. The van der Waals surface area contributed by atoms with Crippen LogP contribution in [0.1, 0.15) is 32.2 Å². The summed E-state index contributed by atoms with van der Waals surface area (Å²) >= 11 is 0. The summed E-state index contributed by atoms with van der Waals surface area (Å²) in [5.74, 6) is 0.688.